The molecule has 0 atom stereocenters. The molecule has 0 spiro atoms. The van der Waals surface area contributed by atoms with Crippen molar-refractivity contribution in [3.05, 3.63) is 34.0 Å². The van der Waals surface area contributed by atoms with Crippen LogP contribution in [0, 0.1) is 12.8 Å². The highest BCUT2D eigenvalue weighted by Gasteiger charge is 2.32. The van der Waals surface area contributed by atoms with Crippen LogP contribution in [-0.4, -0.2) is 35.8 Å². The zero-order chi connectivity index (χ0) is 17.6. The second-order valence-electron chi connectivity index (χ2n) is 7.05. The summed E-state index contributed by atoms with van der Waals surface area (Å²) in [5.74, 6) is 0.511. The number of hydrogen-bond donors (Lipinski definition) is 1. The van der Waals surface area contributed by atoms with Gasteiger partial charge in [0.15, 0.2) is 5.76 Å². The normalized spacial score (nSPS) is 18.6. The molecule has 1 aromatic carbocycles. The van der Waals surface area contributed by atoms with Gasteiger partial charge in [0.1, 0.15) is 5.58 Å². The first kappa shape index (κ1) is 16.6. The van der Waals surface area contributed by atoms with Crippen LogP contribution in [0.25, 0.3) is 11.0 Å². The van der Waals surface area contributed by atoms with E-state index < -0.39 is 0 Å². The van der Waals surface area contributed by atoms with Crippen LogP contribution in [-0.2, 0) is 4.79 Å². The third-order valence-corrected chi connectivity index (χ3v) is 5.66. The number of nitrogens with zero attached hydrogens (tertiary/aromatic N) is 1. The molecule has 2 aliphatic rings. The molecular formula is C19H21BrN2O3. The average molecular weight is 405 g/mol. The van der Waals surface area contributed by atoms with Crippen molar-refractivity contribution >= 4 is 38.7 Å². The van der Waals surface area contributed by atoms with Crippen LogP contribution in [0.1, 0.15) is 41.8 Å². The molecule has 0 unspecified atom stereocenters. The van der Waals surface area contributed by atoms with Crippen LogP contribution in [0.4, 0.5) is 0 Å². The maximum Gasteiger partial charge on any atom is 0.289 e. The van der Waals surface area contributed by atoms with E-state index in [4.69, 9.17) is 4.42 Å². The van der Waals surface area contributed by atoms with E-state index in [0.717, 1.165) is 46.7 Å². The molecule has 1 N–H and O–H groups in total. The lowest BCUT2D eigenvalue weighted by Gasteiger charge is -2.31. The third kappa shape index (κ3) is 3.32. The summed E-state index contributed by atoms with van der Waals surface area (Å²) in [4.78, 5) is 26.8. The number of nitrogens with one attached hydrogen (secondary N) is 1. The smallest absolute Gasteiger partial charge is 0.289 e. The summed E-state index contributed by atoms with van der Waals surface area (Å²) in [5, 5.41) is 4.02. The van der Waals surface area contributed by atoms with Gasteiger partial charge in [0.25, 0.3) is 5.91 Å². The summed E-state index contributed by atoms with van der Waals surface area (Å²) in [6.07, 6.45) is 3.64. The number of rotatable bonds is 3. The Morgan fingerprint density at radius 3 is 2.60 bits per heavy atom. The van der Waals surface area contributed by atoms with Gasteiger partial charge in [-0.1, -0.05) is 15.9 Å². The SMILES string of the molecule is Cc1c(C(=O)N2CCC(C(=O)NC3CC3)CC2)oc2ccc(Br)cc12. The van der Waals surface area contributed by atoms with Gasteiger partial charge in [0.05, 0.1) is 0 Å². The van der Waals surface area contributed by atoms with E-state index >= 15 is 0 Å². The van der Waals surface area contributed by atoms with E-state index in [9.17, 15) is 9.59 Å². The standard InChI is InChI=1S/C19H21BrN2O3/c1-11-15-10-13(20)2-5-16(15)25-17(11)19(24)22-8-6-12(7-9-22)18(23)21-14-3-4-14/h2,5,10,12,14H,3-4,6-9H2,1H3,(H,21,23). The van der Waals surface area contributed by atoms with Gasteiger partial charge in [0.2, 0.25) is 5.91 Å². The fourth-order valence-electron chi connectivity index (χ4n) is 3.43. The van der Waals surface area contributed by atoms with Gasteiger partial charge in [0, 0.05) is 40.5 Å². The second-order valence-corrected chi connectivity index (χ2v) is 7.96. The maximum absolute atomic E-state index is 12.9. The van der Waals surface area contributed by atoms with E-state index in [-0.39, 0.29) is 17.7 Å². The van der Waals surface area contributed by atoms with E-state index in [1.54, 1.807) is 4.90 Å². The van der Waals surface area contributed by atoms with Crippen molar-refractivity contribution in [2.45, 2.75) is 38.6 Å². The Labute approximate surface area is 154 Å². The number of fused-ring (bicyclic) bond motifs is 1. The molecule has 2 heterocycles. The molecule has 0 radical (unpaired) electrons. The Kier molecular flexibility index (Phi) is 4.31. The Morgan fingerprint density at radius 1 is 1.20 bits per heavy atom. The highest BCUT2D eigenvalue weighted by atomic mass is 79.9. The summed E-state index contributed by atoms with van der Waals surface area (Å²) in [6, 6.07) is 6.14. The first-order chi connectivity index (χ1) is 12.0. The average Bonchev–Trinajstić information content (AvgIpc) is 3.37. The van der Waals surface area contributed by atoms with E-state index in [2.05, 4.69) is 21.2 Å². The largest absolute Gasteiger partial charge is 0.451 e. The molecule has 2 amide bonds. The monoisotopic (exact) mass is 404 g/mol. The number of hydrogen-bond acceptors (Lipinski definition) is 3. The van der Waals surface area contributed by atoms with E-state index in [0.29, 0.717) is 24.9 Å². The lowest BCUT2D eigenvalue weighted by Crippen LogP contribution is -2.43. The minimum absolute atomic E-state index is 0.0253. The molecule has 4 rings (SSSR count). The van der Waals surface area contributed by atoms with Gasteiger partial charge in [-0.05, 0) is 50.8 Å². The molecule has 1 aromatic heterocycles. The predicted octanol–water partition coefficient (Wildman–Crippen LogP) is 3.63. The molecule has 1 saturated carbocycles. The van der Waals surface area contributed by atoms with Crippen molar-refractivity contribution in [3.63, 3.8) is 0 Å². The number of aryl methyl sites for hydroxylation is 1. The highest BCUT2D eigenvalue weighted by Crippen LogP contribution is 2.30. The molecule has 1 saturated heterocycles. The second kappa shape index (κ2) is 6.48. The van der Waals surface area contributed by atoms with Gasteiger partial charge >= 0.3 is 0 Å². The number of carbonyl (C=O) groups excluding carboxylic acids is 2. The summed E-state index contributed by atoms with van der Waals surface area (Å²) < 4.78 is 6.78. The van der Waals surface area contributed by atoms with Crippen LogP contribution in [0.15, 0.2) is 27.1 Å². The number of benzene rings is 1. The topological polar surface area (TPSA) is 62.6 Å². The van der Waals surface area contributed by atoms with Crippen molar-refractivity contribution in [2.75, 3.05) is 13.1 Å². The van der Waals surface area contributed by atoms with Crippen molar-refractivity contribution in [1.29, 1.82) is 0 Å². The van der Waals surface area contributed by atoms with Gasteiger partial charge in [-0.2, -0.15) is 0 Å². The van der Waals surface area contributed by atoms with Gasteiger partial charge < -0.3 is 14.6 Å². The lowest BCUT2D eigenvalue weighted by atomic mass is 9.95. The van der Waals surface area contributed by atoms with Gasteiger partial charge in [-0.3, -0.25) is 9.59 Å². The van der Waals surface area contributed by atoms with E-state index in [1.807, 2.05) is 25.1 Å². The fraction of sp³-hybridized carbons (Fsp3) is 0.474. The fourth-order valence-corrected chi connectivity index (χ4v) is 3.79. The maximum atomic E-state index is 12.9. The van der Waals surface area contributed by atoms with Gasteiger partial charge in [-0.25, -0.2) is 0 Å². The molecule has 1 aliphatic carbocycles. The Bertz CT molecular complexity index is 833. The Hall–Kier alpha value is -1.82. The molecule has 2 fully saturated rings. The third-order valence-electron chi connectivity index (χ3n) is 5.17. The highest BCUT2D eigenvalue weighted by molar-refractivity contribution is 9.10. The van der Waals surface area contributed by atoms with Crippen molar-refractivity contribution in [2.24, 2.45) is 5.92 Å². The molecule has 2 aromatic rings. The summed E-state index contributed by atoms with van der Waals surface area (Å²) in [7, 11) is 0. The van der Waals surface area contributed by atoms with Crippen LogP contribution >= 0.6 is 15.9 Å². The number of amides is 2. The summed E-state index contributed by atoms with van der Waals surface area (Å²) in [6.45, 7) is 3.12. The van der Waals surface area contributed by atoms with Crippen LogP contribution in [0.2, 0.25) is 0 Å². The molecule has 6 heteroatoms. The minimum Gasteiger partial charge on any atom is -0.451 e. The van der Waals surface area contributed by atoms with Gasteiger partial charge in [-0.15, -0.1) is 0 Å². The number of likely N-dealkylation sites (tertiary alicyclic amines) is 1. The first-order valence-electron chi connectivity index (χ1n) is 8.81. The number of piperidine rings is 1. The first-order valence-corrected chi connectivity index (χ1v) is 9.60. The quantitative estimate of drug-likeness (QED) is 0.849. The zero-order valence-corrected chi connectivity index (χ0v) is 15.8. The van der Waals surface area contributed by atoms with Crippen molar-refractivity contribution in [3.8, 4) is 0 Å². The number of furan rings is 1. The lowest BCUT2D eigenvalue weighted by molar-refractivity contribution is -0.126. The molecule has 0 bridgehead atoms. The predicted molar refractivity (Wildman–Crippen MR) is 98.4 cm³/mol. The summed E-state index contributed by atoms with van der Waals surface area (Å²) in [5.41, 5.74) is 1.60. The molecule has 25 heavy (non-hydrogen) atoms. The Balaban J connectivity index is 1.45. The Morgan fingerprint density at radius 2 is 1.92 bits per heavy atom. The molecule has 1 aliphatic heterocycles. The van der Waals surface area contributed by atoms with Crippen LogP contribution < -0.4 is 5.32 Å². The molecule has 5 nitrogen and oxygen atoms in total. The molecule has 132 valence electrons. The zero-order valence-electron chi connectivity index (χ0n) is 14.2. The number of carbonyl (C=O) groups is 2. The van der Waals surface area contributed by atoms with Crippen LogP contribution in [0.5, 0.6) is 0 Å². The summed E-state index contributed by atoms with van der Waals surface area (Å²) >= 11 is 3.46. The number of halogens is 1. The van der Waals surface area contributed by atoms with Crippen molar-refractivity contribution in [1.82, 2.24) is 10.2 Å². The molecular weight excluding hydrogens is 384 g/mol. The van der Waals surface area contributed by atoms with Crippen molar-refractivity contribution < 1.29 is 14.0 Å². The van der Waals surface area contributed by atoms with E-state index in [1.165, 1.54) is 0 Å². The minimum atomic E-state index is -0.0779. The van der Waals surface area contributed by atoms with Crippen LogP contribution in [0.3, 0.4) is 0 Å².